The summed E-state index contributed by atoms with van der Waals surface area (Å²) in [6, 6.07) is 0. The maximum absolute atomic E-state index is 11.1. The first kappa shape index (κ1) is 7.84. The van der Waals surface area contributed by atoms with Crippen LogP contribution < -0.4 is 0 Å². The number of carboxylic acids is 1. The average molecular weight is 166 g/mol. The number of rotatable bonds is 1. The highest BCUT2D eigenvalue weighted by Crippen LogP contribution is 2.58. The van der Waals surface area contributed by atoms with Crippen LogP contribution in [0, 0.1) is 17.3 Å². The van der Waals surface area contributed by atoms with Crippen LogP contribution >= 0.6 is 0 Å². The first-order chi connectivity index (χ1) is 5.56. The molecule has 2 nitrogen and oxygen atoms in total. The molecule has 0 aromatic carbocycles. The Kier molecular flexibility index (Phi) is 1.39. The van der Waals surface area contributed by atoms with Gasteiger partial charge in [0.15, 0.2) is 0 Å². The lowest BCUT2D eigenvalue weighted by Crippen LogP contribution is -2.34. The number of aliphatic carboxylic acids is 1. The van der Waals surface area contributed by atoms with Gasteiger partial charge in [-0.1, -0.05) is 12.2 Å². The maximum atomic E-state index is 11.1. The van der Waals surface area contributed by atoms with Gasteiger partial charge in [-0.15, -0.1) is 0 Å². The van der Waals surface area contributed by atoms with E-state index in [1.165, 1.54) is 0 Å². The molecule has 0 radical (unpaired) electrons. The van der Waals surface area contributed by atoms with Crippen LogP contribution in [0.15, 0.2) is 12.2 Å². The van der Waals surface area contributed by atoms with E-state index in [2.05, 4.69) is 6.58 Å². The summed E-state index contributed by atoms with van der Waals surface area (Å²) in [5.74, 6) is 0.170. The summed E-state index contributed by atoms with van der Waals surface area (Å²) in [6.07, 6.45) is 3.29. The highest BCUT2D eigenvalue weighted by molar-refractivity contribution is 5.79. The first-order valence-electron chi connectivity index (χ1n) is 4.49. The fourth-order valence-electron chi connectivity index (χ4n) is 2.82. The van der Waals surface area contributed by atoms with E-state index in [4.69, 9.17) is 5.11 Å². The lowest BCUT2D eigenvalue weighted by Gasteiger charge is -2.31. The zero-order chi connectivity index (χ0) is 8.93. The van der Waals surface area contributed by atoms with Crippen molar-refractivity contribution in [1.82, 2.24) is 0 Å². The normalized spacial score (nSPS) is 45.2. The molecule has 2 fully saturated rings. The fraction of sp³-hybridized carbons (Fsp3) is 0.700. The molecule has 0 amide bonds. The second kappa shape index (κ2) is 2.12. The van der Waals surface area contributed by atoms with Crippen LogP contribution in [0.2, 0.25) is 0 Å². The molecule has 2 rings (SSSR count). The van der Waals surface area contributed by atoms with Crippen molar-refractivity contribution in [1.29, 1.82) is 0 Å². The molecule has 12 heavy (non-hydrogen) atoms. The largest absolute Gasteiger partial charge is 0.481 e. The molecular formula is C10H14O2. The van der Waals surface area contributed by atoms with Crippen molar-refractivity contribution in [3.63, 3.8) is 0 Å². The van der Waals surface area contributed by atoms with Crippen LogP contribution in [0.1, 0.15) is 26.2 Å². The van der Waals surface area contributed by atoms with Crippen molar-refractivity contribution in [2.24, 2.45) is 17.3 Å². The molecule has 0 spiro atoms. The second-order valence-electron chi connectivity index (χ2n) is 4.24. The van der Waals surface area contributed by atoms with E-state index in [-0.39, 0.29) is 0 Å². The van der Waals surface area contributed by atoms with E-state index >= 15 is 0 Å². The van der Waals surface area contributed by atoms with E-state index < -0.39 is 11.4 Å². The summed E-state index contributed by atoms with van der Waals surface area (Å²) in [4.78, 5) is 11.1. The van der Waals surface area contributed by atoms with Crippen LogP contribution in [-0.2, 0) is 4.79 Å². The predicted molar refractivity (Wildman–Crippen MR) is 45.7 cm³/mol. The second-order valence-corrected chi connectivity index (χ2v) is 4.24. The van der Waals surface area contributed by atoms with E-state index in [0.29, 0.717) is 11.8 Å². The van der Waals surface area contributed by atoms with Gasteiger partial charge in [0.25, 0.3) is 0 Å². The molecule has 2 aliphatic carbocycles. The molecule has 2 bridgehead atoms. The monoisotopic (exact) mass is 166 g/mol. The Morgan fingerprint density at radius 1 is 1.67 bits per heavy atom. The van der Waals surface area contributed by atoms with Crippen LogP contribution in [0.3, 0.4) is 0 Å². The zero-order valence-electron chi connectivity index (χ0n) is 7.34. The van der Waals surface area contributed by atoms with Gasteiger partial charge in [0.2, 0.25) is 0 Å². The third-order valence-corrected chi connectivity index (χ3v) is 3.85. The molecule has 0 heterocycles. The fourth-order valence-corrected chi connectivity index (χ4v) is 2.82. The van der Waals surface area contributed by atoms with E-state index in [9.17, 15) is 4.79 Å². The summed E-state index contributed by atoms with van der Waals surface area (Å²) < 4.78 is 0. The number of hydrogen-bond donors (Lipinski definition) is 1. The van der Waals surface area contributed by atoms with Crippen molar-refractivity contribution in [2.45, 2.75) is 26.2 Å². The molecule has 0 aromatic rings. The molecule has 2 saturated carbocycles. The van der Waals surface area contributed by atoms with Crippen molar-refractivity contribution in [3.8, 4) is 0 Å². The van der Waals surface area contributed by atoms with Gasteiger partial charge >= 0.3 is 5.97 Å². The van der Waals surface area contributed by atoms with Crippen molar-refractivity contribution in [3.05, 3.63) is 12.2 Å². The molecular weight excluding hydrogens is 152 g/mol. The molecule has 3 atom stereocenters. The Balaban J connectivity index is 2.39. The zero-order valence-corrected chi connectivity index (χ0v) is 7.34. The Morgan fingerprint density at radius 3 is 2.67 bits per heavy atom. The Hall–Kier alpha value is -0.790. The molecule has 3 unspecified atom stereocenters. The lowest BCUT2D eigenvalue weighted by molar-refractivity contribution is -0.148. The maximum Gasteiger partial charge on any atom is 0.313 e. The van der Waals surface area contributed by atoms with Gasteiger partial charge in [-0.3, -0.25) is 4.79 Å². The minimum Gasteiger partial charge on any atom is -0.481 e. The standard InChI is InChI=1S/C10H14O2/c1-6-7-3-4-8(5-7)10(6,2)9(11)12/h7-8H,1,3-5H2,2H3,(H,11,12). The summed E-state index contributed by atoms with van der Waals surface area (Å²) >= 11 is 0. The molecule has 0 aromatic heterocycles. The third-order valence-electron chi connectivity index (χ3n) is 3.85. The molecule has 1 N–H and O–H groups in total. The summed E-state index contributed by atoms with van der Waals surface area (Å²) in [6.45, 7) is 5.77. The van der Waals surface area contributed by atoms with Crippen LogP contribution in [0.5, 0.6) is 0 Å². The Labute approximate surface area is 72.3 Å². The smallest absolute Gasteiger partial charge is 0.313 e. The minimum absolute atomic E-state index is 0.354. The van der Waals surface area contributed by atoms with Crippen LogP contribution in [0.25, 0.3) is 0 Å². The average Bonchev–Trinajstić information content (AvgIpc) is 2.55. The highest BCUT2D eigenvalue weighted by atomic mass is 16.4. The minimum atomic E-state index is -0.681. The lowest BCUT2D eigenvalue weighted by atomic mass is 9.72. The molecule has 0 aliphatic heterocycles. The van der Waals surface area contributed by atoms with Crippen molar-refractivity contribution in [2.75, 3.05) is 0 Å². The third kappa shape index (κ3) is 0.680. The molecule has 66 valence electrons. The van der Waals surface area contributed by atoms with Crippen molar-refractivity contribution < 1.29 is 9.90 Å². The molecule has 2 heteroatoms. The van der Waals surface area contributed by atoms with Gasteiger partial charge in [0.05, 0.1) is 5.41 Å². The van der Waals surface area contributed by atoms with Gasteiger partial charge in [0.1, 0.15) is 0 Å². The van der Waals surface area contributed by atoms with Gasteiger partial charge in [-0.05, 0) is 38.0 Å². The SMILES string of the molecule is C=C1C2CCC(C2)C1(C)C(=O)O. The number of carbonyl (C=O) groups is 1. The van der Waals surface area contributed by atoms with E-state index in [1.807, 2.05) is 6.92 Å². The quantitative estimate of drug-likeness (QED) is 0.605. The van der Waals surface area contributed by atoms with Gasteiger partial charge < -0.3 is 5.11 Å². The number of fused-ring (bicyclic) bond motifs is 2. The Bertz CT molecular complexity index is 257. The Morgan fingerprint density at radius 2 is 2.33 bits per heavy atom. The predicted octanol–water partition coefficient (Wildman–Crippen LogP) is 2.06. The summed E-state index contributed by atoms with van der Waals surface area (Å²) in [5, 5.41) is 9.10. The van der Waals surface area contributed by atoms with Gasteiger partial charge in [-0.25, -0.2) is 0 Å². The summed E-state index contributed by atoms with van der Waals surface area (Å²) in [7, 11) is 0. The number of carboxylic acid groups (broad SMARTS) is 1. The topological polar surface area (TPSA) is 37.3 Å². The summed E-state index contributed by atoms with van der Waals surface area (Å²) in [5.41, 5.74) is 0.356. The van der Waals surface area contributed by atoms with Crippen LogP contribution in [0.4, 0.5) is 0 Å². The van der Waals surface area contributed by atoms with Gasteiger partial charge in [-0.2, -0.15) is 0 Å². The first-order valence-corrected chi connectivity index (χ1v) is 4.49. The highest BCUT2D eigenvalue weighted by Gasteiger charge is 2.55. The van der Waals surface area contributed by atoms with Gasteiger partial charge in [0, 0.05) is 0 Å². The van der Waals surface area contributed by atoms with Crippen molar-refractivity contribution >= 4 is 5.97 Å². The van der Waals surface area contributed by atoms with Crippen LogP contribution in [-0.4, -0.2) is 11.1 Å². The van der Waals surface area contributed by atoms with E-state index in [0.717, 1.165) is 24.8 Å². The van der Waals surface area contributed by atoms with E-state index in [1.54, 1.807) is 0 Å². The molecule has 0 saturated heterocycles. The number of hydrogen-bond acceptors (Lipinski definition) is 1. The molecule has 2 aliphatic rings.